The van der Waals surface area contributed by atoms with Crippen molar-refractivity contribution < 1.29 is 17.9 Å². The quantitative estimate of drug-likeness (QED) is 0.828. The lowest BCUT2D eigenvalue weighted by atomic mass is 10.1. The molecule has 1 aromatic carbocycles. The van der Waals surface area contributed by atoms with E-state index < -0.39 is 21.5 Å². The van der Waals surface area contributed by atoms with E-state index in [4.69, 9.17) is 4.74 Å². The maximum atomic E-state index is 12.2. The second-order valence-corrected chi connectivity index (χ2v) is 8.32. The minimum atomic E-state index is -3.33. The van der Waals surface area contributed by atoms with Gasteiger partial charge < -0.3 is 10.1 Å². The molecular formula is C17H25NO4S. The lowest BCUT2D eigenvalue weighted by Gasteiger charge is -2.13. The molecule has 1 aromatic rings. The summed E-state index contributed by atoms with van der Waals surface area (Å²) in [5, 5.41) is 2.36. The first-order valence-corrected chi connectivity index (χ1v) is 9.84. The van der Waals surface area contributed by atoms with E-state index in [0.717, 1.165) is 29.7 Å². The lowest BCUT2D eigenvalue weighted by molar-refractivity contribution is -0.118. The van der Waals surface area contributed by atoms with Crippen molar-refractivity contribution in [2.75, 3.05) is 12.4 Å². The van der Waals surface area contributed by atoms with E-state index in [1.54, 1.807) is 0 Å². The Kier molecular flexibility index (Phi) is 6.04. The smallest absolute Gasteiger partial charge is 0.235 e. The second kappa shape index (κ2) is 7.81. The SMILES string of the molecule is CCOc1cc(C)ccc1CNC(=O)CS(=O)(=O)C1CCCC1. The Balaban J connectivity index is 1.94. The topological polar surface area (TPSA) is 72.5 Å². The minimum Gasteiger partial charge on any atom is -0.494 e. The molecule has 6 heteroatoms. The number of hydrogen-bond donors (Lipinski definition) is 1. The Bertz CT molecular complexity index is 649. The molecule has 5 nitrogen and oxygen atoms in total. The Morgan fingerprint density at radius 1 is 1.30 bits per heavy atom. The van der Waals surface area contributed by atoms with Crippen molar-refractivity contribution in [3.8, 4) is 5.75 Å². The molecule has 0 unspecified atom stereocenters. The van der Waals surface area contributed by atoms with Gasteiger partial charge in [0.1, 0.15) is 11.5 Å². The van der Waals surface area contributed by atoms with Crippen LogP contribution in [0.15, 0.2) is 18.2 Å². The second-order valence-electron chi connectivity index (χ2n) is 6.03. The highest BCUT2D eigenvalue weighted by atomic mass is 32.2. The van der Waals surface area contributed by atoms with E-state index in [9.17, 15) is 13.2 Å². The third-order valence-electron chi connectivity index (χ3n) is 4.14. The van der Waals surface area contributed by atoms with Gasteiger partial charge in [0, 0.05) is 12.1 Å². The van der Waals surface area contributed by atoms with Crippen molar-refractivity contribution in [1.82, 2.24) is 5.32 Å². The molecule has 0 bridgehead atoms. The monoisotopic (exact) mass is 339 g/mol. The van der Waals surface area contributed by atoms with Gasteiger partial charge >= 0.3 is 0 Å². The summed E-state index contributed by atoms with van der Waals surface area (Å²) in [5.41, 5.74) is 1.93. The molecule has 2 rings (SSSR count). The molecule has 0 heterocycles. The molecule has 1 amide bonds. The van der Waals surface area contributed by atoms with Crippen LogP contribution in [0.4, 0.5) is 0 Å². The summed E-state index contributed by atoms with van der Waals surface area (Å²) in [6.45, 7) is 4.69. The number of sulfone groups is 1. The van der Waals surface area contributed by atoms with Crippen molar-refractivity contribution in [1.29, 1.82) is 0 Å². The van der Waals surface area contributed by atoms with Gasteiger partial charge in [-0.05, 0) is 38.3 Å². The van der Waals surface area contributed by atoms with Crippen LogP contribution in [0.2, 0.25) is 0 Å². The van der Waals surface area contributed by atoms with Crippen LogP contribution in [0, 0.1) is 6.92 Å². The average Bonchev–Trinajstić information content (AvgIpc) is 3.01. The fourth-order valence-corrected chi connectivity index (χ4v) is 4.65. The van der Waals surface area contributed by atoms with Crippen molar-refractivity contribution in [2.45, 2.75) is 51.3 Å². The highest BCUT2D eigenvalue weighted by Crippen LogP contribution is 2.25. The molecule has 1 saturated carbocycles. The molecule has 1 aliphatic carbocycles. The predicted molar refractivity (Wildman–Crippen MR) is 90.2 cm³/mol. The third-order valence-corrected chi connectivity index (χ3v) is 6.29. The van der Waals surface area contributed by atoms with Crippen LogP contribution < -0.4 is 10.1 Å². The van der Waals surface area contributed by atoms with Gasteiger partial charge in [-0.2, -0.15) is 0 Å². The largest absolute Gasteiger partial charge is 0.494 e. The van der Waals surface area contributed by atoms with E-state index in [-0.39, 0.29) is 11.8 Å². The molecule has 0 saturated heterocycles. The third kappa shape index (κ3) is 4.96. The summed E-state index contributed by atoms with van der Waals surface area (Å²) >= 11 is 0. The number of nitrogens with one attached hydrogen (secondary N) is 1. The molecule has 0 atom stereocenters. The van der Waals surface area contributed by atoms with Crippen LogP contribution in [-0.4, -0.2) is 31.9 Å². The highest BCUT2D eigenvalue weighted by molar-refractivity contribution is 7.92. The summed E-state index contributed by atoms with van der Waals surface area (Å²) in [5.74, 6) is -0.139. The van der Waals surface area contributed by atoms with Gasteiger partial charge in [-0.15, -0.1) is 0 Å². The molecule has 0 aliphatic heterocycles. The molecule has 0 spiro atoms. The van der Waals surface area contributed by atoms with Gasteiger partial charge in [-0.25, -0.2) is 8.42 Å². The van der Waals surface area contributed by atoms with E-state index >= 15 is 0 Å². The standard InChI is InChI=1S/C17H25NO4S/c1-3-22-16-10-13(2)8-9-14(16)11-18-17(19)12-23(20,21)15-6-4-5-7-15/h8-10,15H,3-7,11-12H2,1-2H3,(H,18,19). The molecule has 1 N–H and O–H groups in total. The van der Waals surface area contributed by atoms with Crippen LogP contribution in [0.5, 0.6) is 5.75 Å². The predicted octanol–water partition coefficient (Wildman–Crippen LogP) is 2.37. The van der Waals surface area contributed by atoms with E-state index in [0.29, 0.717) is 19.4 Å². The van der Waals surface area contributed by atoms with Crippen LogP contribution in [0.3, 0.4) is 0 Å². The zero-order valence-electron chi connectivity index (χ0n) is 13.8. The Labute approximate surface area is 138 Å². The fourth-order valence-electron chi connectivity index (χ4n) is 2.89. The van der Waals surface area contributed by atoms with Crippen molar-refractivity contribution in [3.63, 3.8) is 0 Å². The Morgan fingerprint density at radius 3 is 2.65 bits per heavy atom. The lowest BCUT2D eigenvalue weighted by Crippen LogP contribution is -2.33. The summed E-state index contributed by atoms with van der Waals surface area (Å²) in [6.07, 6.45) is 3.24. The number of aryl methyl sites for hydroxylation is 1. The zero-order valence-corrected chi connectivity index (χ0v) is 14.6. The van der Waals surface area contributed by atoms with E-state index in [2.05, 4.69) is 5.32 Å². The number of rotatable bonds is 7. The molecule has 1 fully saturated rings. The van der Waals surface area contributed by atoms with Crippen molar-refractivity contribution >= 4 is 15.7 Å². The average molecular weight is 339 g/mol. The molecule has 1 aliphatic rings. The van der Waals surface area contributed by atoms with Gasteiger partial charge in [0.05, 0.1) is 11.9 Å². The van der Waals surface area contributed by atoms with Crippen LogP contribution in [-0.2, 0) is 21.2 Å². The van der Waals surface area contributed by atoms with Gasteiger partial charge in [0.15, 0.2) is 9.84 Å². The van der Waals surface area contributed by atoms with Crippen molar-refractivity contribution in [3.05, 3.63) is 29.3 Å². The van der Waals surface area contributed by atoms with Crippen LogP contribution in [0.25, 0.3) is 0 Å². The number of benzene rings is 1. The number of ether oxygens (including phenoxy) is 1. The zero-order chi connectivity index (χ0) is 16.9. The summed E-state index contributed by atoms with van der Waals surface area (Å²) in [7, 11) is -3.33. The molecule has 128 valence electrons. The van der Waals surface area contributed by atoms with Gasteiger partial charge in [0.2, 0.25) is 5.91 Å². The number of carbonyl (C=O) groups is 1. The summed E-state index contributed by atoms with van der Waals surface area (Å²) < 4.78 is 29.9. The number of hydrogen-bond acceptors (Lipinski definition) is 4. The van der Waals surface area contributed by atoms with Gasteiger partial charge in [-0.3, -0.25) is 4.79 Å². The molecular weight excluding hydrogens is 314 g/mol. The maximum Gasteiger partial charge on any atom is 0.235 e. The number of amides is 1. The molecule has 0 aromatic heterocycles. The molecule has 0 radical (unpaired) electrons. The molecule has 23 heavy (non-hydrogen) atoms. The Hall–Kier alpha value is -1.56. The highest BCUT2D eigenvalue weighted by Gasteiger charge is 2.30. The first kappa shape index (κ1) is 17.8. The van der Waals surface area contributed by atoms with E-state index in [1.165, 1.54) is 0 Å². The van der Waals surface area contributed by atoms with Crippen LogP contribution >= 0.6 is 0 Å². The summed E-state index contributed by atoms with van der Waals surface area (Å²) in [4.78, 5) is 12.0. The normalized spacial score (nSPS) is 15.6. The van der Waals surface area contributed by atoms with Crippen molar-refractivity contribution in [2.24, 2.45) is 0 Å². The van der Waals surface area contributed by atoms with Gasteiger partial charge in [0.25, 0.3) is 0 Å². The minimum absolute atomic E-state index is 0.272. The van der Waals surface area contributed by atoms with E-state index in [1.807, 2.05) is 32.0 Å². The summed E-state index contributed by atoms with van der Waals surface area (Å²) in [6, 6.07) is 5.76. The maximum absolute atomic E-state index is 12.2. The first-order chi connectivity index (χ1) is 10.9. The number of carbonyl (C=O) groups excluding carboxylic acids is 1. The van der Waals surface area contributed by atoms with Gasteiger partial charge in [-0.1, -0.05) is 25.0 Å². The Morgan fingerprint density at radius 2 is 2.00 bits per heavy atom. The fraction of sp³-hybridized carbons (Fsp3) is 0.588. The van der Waals surface area contributed by atoms with Crippen LogP contribution in [0.1, 0.15) is 43.7 Å². The first-order valence-electron chi connectivity index (χ1n) is 8.13.